The molecular weight excluding hydrogens is 412 g/mol. The molecule has 0 radical (unpaired) electrons. The van der Waals surface area contributed by atoms with Gasteiger partial charge in [-0.05, 0) is 43.9 Å². The number of carbonyl (C=O) groups excluding carboxylic acids is 1. The first-order chi connectivity index (χ1) is 15.0. The van der Waals surface area contributed by atoms with Gasteiger partial charge in [-0.2, -0.15) is 4.52 Å². The largest absolute Gasteiger partial charge is 0.492 e. The first-order valence-corrected chi connectivity index (χ1v) is 11.9. The van der Waals surface area contributed by atoms with Crippen molar-refractivity contribution in [3.8, 4) is 5.88 Å². The molecule has 1 saturated heterocycles. The highest BCUT2D eigenvalue weighted by molar-refractivity contribution is 7.17. The molecule has 3 heterocycles. The third kappa shape index (κ3) is 4.32. The van der Waals surface area contributed by atoms with Crippen LogP contribution in [0.3, 0.4) is 0 Å². The Labute approximate surface area is 186 Å². The second-order valence-electron chi connectivity index (χ2n) is 7.95. The number of benzene rings is 1. The minimum atomic E-state index is -0.165. The van der Waals surface area contributed by atoms with E-state index in [1.807, 2.05) is 13.8 Å². The number of ether oxygens (including phenoxy) is 1. The van der Waals surface area contributed by atoms with Gasteiger partial charge in [0.05, 0.1) is 23.4 Å². The lowest BCUT2D eigenvalue weighted by atomic mass is 9.93. The summed E-state index contributed by atoms with van der Waals surface area (Å²) in [5, 5.41) is 15.5. The molecule has 1 aromatic carbocycles. The van der Waals surface area contributed by atoms with Gasteiger partial charge in [0.25, 0.3) is 0 Å². The average Bonchev–Trinajstić information content (AvgIpc) is 3.34. The number of esters is 1. The van der Waals surface area contributed by atoms with Crippen LogP contribution < -0.4 is 0 Å². The van der Waals surface area contributed by atoms with Crippen molar-refractivity contribution in [2.45, 2.75) is 52.5 Å². The zero-order chi connectivity index (χ0) is 22.0. The van der Waals surface area contributed by atoms with Crippen molar-refractivity contribution in [2.75, 3.05) is 19.7 Å². The van der Waals surface area contributed by atoms with Crippen molar-refractivity contribution < 1.29 is 14.6 Å². The zero-order valence-corrected chi connectivity index (χ0v) is 19.2. The Balaban J connectivity index is 1.73. The van der Waals surface area contributed by atoms with Crippen LogP contribution in [0.5, 0.6) is 5.88 Å². The molecular formula is C23H30N4O3S. The monoisotopic (exact) mass is 442 g/mol. The fraction of sp³-hybridized carbons (Fsp3) is 0.522. The van der Waals surface area contributed by atoms with Crippen molar-refractivity contribution in [3.63, 3.8) is 0 Å². The molecule has 1 aliphatic heterocycles. The van der Waals surface area contributed by atoms with E-state index in [9.17, 15) is 9.90 Å². The van der Waals surface area contributed by atoms with Crippen molar-refractivity contribution in [1.82, 2.24) is 19.5 Å². The minimum absolute atomic E-state index is 0.133. The number of nitrogens with zero attached hydrogens (tertiary/aromatic N) is 4. The normalized spacial score (nSPS) is 18.4. The Morgan fingerprint density at radius 2 is 2.03 bits per heavy atom. The molecule has 0 saturated carbocycles. The number of aryl methyl sites for hydroxylation is 2. The van der Waals surface area contributed by atoms with E-state index < -0.39 is 0 Å². The number of hydrogen-bond acceptors (Lipinski definition) is 7. The van der Waals surface area contributed by atoms with Gasteiger partial charge < -0.3 is 9.84 Å². The summed E-state index contributed by atoms with van der Waals surface area (Å²) in [6.07, 6.45) is 3.44. The number of thiazole rings is 1. The Morgan fingerprint density at radius 1 is 1.26 bits per heavy atom. The topological polar surface area (TPSA) is 80.0 Å². The van der Waals surface area contributed by atoms with Crippen molar-refractivity contribution in [1.29, 1.82) is 0 Å². The van der Waals surface area contributed by atoms with E-state index >= 15 is 0 Å². The van der Waals surface area contributed by atoms with Gasteiger partial charge in [-0.15, -0.1) is 5.10 Å². The van der Waals surface area contributed by atoms with Crippen LogP contribution in [0.2, 0.25) is 0 Å². The lowest BCUT2D eigenvalue weighted by molar-refractivity contribution is -0.150. The number of piperidine rings is 1. The van der Waals surface area contributed by atoms with Crippen molar-refractivity contribution in [2.24, 2.45) is 5.92 Å². The number of hydrogen-bond donors (Lipinski definition) is 1. The third-order valence-corrected chi connectivity index (χ3v) is 7.02. The average molecular weight is 443 g/mol. The fourth-order valence-corrected chi connectivity index (χ4v) is 5.41. The Morgan fingerprint density at radius 3 is 2.68 bits per heavy atom. The summed E-state index contributed by atoms with van der Waals surface area (Å²) in [7, 11) is 0. The predicted octanol–water partition coefficient (Wildman–Crippen LogP) is 3.99. The second-order valence-corrected chi connectivity index (χ2v) is 8.96. The number of rotatable bonds is 7. The molecule has 8 heteroatoms. The molecule has 3 aromatic rings. The highest BCUT2D eigenvalue weighted by Crippen LogP contribution is 2.41. The molecule has 0 bridgehead atoms. The molecule has 1 aliphatic rings. The van der Waals surface area contributed by atoms with Gasteiger partial charge in [0, 0.05) is 13.0 Å². The molecule has 4 rings (SSSR count). The maximum atomic E-state index is 12.4. The highest BCUT2D eigenvalue weighted by atomic mass is 32.1. The molecule has 2 unspecified atom stereocenters. The number of aromatic hydroxyl groups is 1. The smallest absolute Gasteiger partial charge is 0.310 e. The maximum absolute atomic E-state index is 12.4. The van der Waals surface area contributed by atoms with Gasteiger partial charge in [0.1, 0.15) is 0 Å². The highest BCUT2D eigenvalue weighted by Gasteiger charge is 2.35. The summed E-state index contributed by atoms with van der Waals surface area (Å²) >= 11 is 1.47. The van der Waals surface area contributed by atoms with Crippen LogP contribution in [0.15, 0.2) is 24.3 Å². The van der Waals surface area contributed by atoms with Gasteiger partial charge in [-0.1, -0.05) is 49.4 Å². The quantitative estimate of drug-likeness (QED) is 0.558. The second kappa shape index (κ2) is 9.36. The van der Waals surface area contributed by atoms with Gasteiger partial charge in [-0.3, -0.25) is 9.69 Å². The predicted molar refractivity (Wildman–Crippen MR) is 120 cm³/mol. The van der Waals surface area contributed by atoms with E-state index in [1.54, 1.807) is 4.52 Å². The molecule has 166 valence electrons. The van der Waals surface area contributed by atoms with E-state index in [-0.39, 0.29) is 23.8 Å². The first-order valence-electron chi connectivity index (χ1n) is 11.1. The van der Waals surface area contributed by atoms with Gasteiger partial charge >= 0.3 is 5.97 Å². The van der Waals surface area contributed by atoms with E-state index in [4.69, 9.17) is 4.74 Å². The molecule has 0 aliphatic carbocycles. The molecule has 31 heavy (non-hydrogen) atoms. The fourth-order valence-electron chi connectivity index (χ4n) is 4.28. The number of aromatic nitrogens is 3. The Kier molecular flexibility index (Phi) is 6.57. The van der Waals surface area contributed by atoms with E-state index in [0.29, 0.717) is 18.1 Å². The molecule has 7 nitrogen and oxygen atoms in total. The van der Waals surface area contributed by atoms with Crippen LogP contribution in [0.1, 0.15) is 61.5 Å². The van der Waals surface area contributed by atoms with Crippen LogP contribution in [0.4, 0.5) is 0 Å². The molecule has 0 spiro atoms. The molecule has 2 atom stereocenters. The molecule has 0 amide bonds. The molecule has 1 fully saturated rings. The van der Waals surface area contributed by atoms with Gasteiger partial charge in [-0.25, -0.2) is 4.98 Å². The van der Waals surface area contributed by atoms with Crippen LogP contribution >= 0.6 is 11.3 Å². The zero-order valence-electron chi connectivity index (χ0n) is 18.4. The maximum Gasteiger partial charge on any atom is 0.310 e. The number of carbonyl (C=O) groups is 1. The summed E-state index contributed by atoms with van der Waals surface area (Å²) < 4.78 is 6.84. The summed E-state index contributed by atoms with van der Waals surface area (Å²) in [5.41, 5.74) is 2.36. The van der Waals surface area contributed by atoms with E-state index in [0.717, 1.165) is 48.5 Å². The standard InChI is InChI=1S/C23H30N4O3S/c1-4-15-9-11-16(12-10-15)19(26-13-7-8-17(14-26)22(29)30-6-3)20-21(28)27-23(31-20)24-18(5-2)25-27/h9-12,17,19,28H,4-8,13-14H2,1-3H3. The van der Waals surface area contributed by atoms with E-state index in [1.165, 1.54) is 16.9 Å². The summed E-state index contributed by atoms with van der Waals surface area (Å²) in [6, 6.07) is 8.37. The molecule has 2 aromatic heterocycles. The minimum Gasteiger partial charge on any atom is -0.492 e. The lowest BCUT2D eigenvalue weighted by Crippen LogP contribution is -2.41. The van der Waals surface area contributed by atoms with Crippen molar-refractivity contribution in [3.05, 3.63) is 46.1 Å². The Hall–Kier alpha value is -2.45. The summed E-state index contributed by atoms with van der Waals surface area (Å²) in [4.78, 5) is 20.8. The van der Waals surface area contributed by atoms with Crippen LogP contribution in [0.25, 0.3) is 4.96 Å². The van der Waals surface area contributed by atoms with Gasteiger partial charge in [0.2, 0.25) is 10.8 Å². The number of likely N-dealkylation sites (tertiary alicyclic amines) is 1. The first kappa shape index (κ1) is 21.8. The van der Waals surface area contributed by atoms with E-state index in [2.05, 4.69) is 46.2 Å². The van der Waals surface area contributed by atoms with Crippen LogP contribution in [0, 0.1) is 5.92 Å². The summed E-state index contributed by atoms with van der Waals surface area (Å²) in [6.45, 7) is 7.83. The van der Waals surface area contributed by atoms with Gasteiger partial charge in [0.15, 0.2) is 5.82 Å². The van der Waals surface area contributed by atoms with Crippen molar-refractivity contribution >= 4 is 22.3 Å². The third-order valence-electron chi connectivity index (χ3n) is 5.95. The van der Waals surface area contributed by atoms with Crippen LogP contribution in [-0.2, 0) is 22.4 Å². The Bertz CT molecular complexity index is 1040. The summed E-state index contributed by atoms with van der Waals surface area (Å²) in [5.74, 6) is 0.571. The SMILES string of the molecule is CCOC(=O)C1CCCN(C(c2ccc(CC)cc2)c2sc3nc(CC)nn3c2O)C1. The molecule has 1 N–H and O–H groups in total. The van der Waals surface area contributed by atoms with Crippen LogP contribution in [-0.4, -0.2) is 50.3 Å². The lowest BCUT2D eigenvalue weighted by Gasteiger charge is -2.37. The number of fused-ring (bicyclic) bond motifs is 1.